The summed E-state index contributed by atoms with van der Waals surface area (Å²) in [5.74, 6) is 5.37. The maximum absolute atomic E-state index is 12.0. The number of hydrogen-bond donors (Lipinski definition) is 2. The highest BCUT2D eigenvalue weighted by atomic mass is 35.5. The lowest BCUT2D eigenvalue weighted by molar-refractivity contribution is 0.102. The van der Waals surface area contributed by atoms with Crippen LogP contribution in [0.25, 0.3) is 0 Å². The number of amides is 1. The minimum absolute atomic E-state index is 0.0177. The number of anilines is 1. The van der Waals surface area contributed by atoms with E-state index in [2.05, 4.69) is 22.3 Å². The van der Waals surface area contributed by atoms with E-state index in [9.17, 15) is 4.79 Å². The van der Waals surface area contributed by atoms with E-state index in [4.69, 9.17) is 16.7 Å². The van der Waals surface area contributed by atoms with Gasteiger partial charge in [0.2, 0.25) is 0 Å². The molecule has 1 aromatic heterocycles. The summed E-state index contributed by atoms with van der Waals surface area (Å²) in [7, 11) is 1.74. The lowest BCUT2D eigenvalue weighted by atomic mass is 10.2. The summed E-state index contributed by atoms with van der Waals surface area (Å²) in [5, 5.41) is 15.9. The zero-order valence-corrected chi connectivity index (χ0v) is 12.2. The van der Waals surface area contributed by atoms with Gasteiger partial charge in [-0.05, 0) is 24.3 Å². The minimum atomic E-state index is -0.335. The fourth-order valence-electron chi connectivity index (χ4n) is 1.64. The second-order valence-corrected chi connectivity index (χ2v) is 4.71. The number of carbonyl (C=O) groups excluding carboxylic acids is 1. The van der Waals surface area contributed by atoms with Crippen molar-refractivity contribution in [3.8, 4) is 11.8 Å². The summed E-state index contributed by atoms with van der Waals surface area (Å²) in [6.07, 6.45) is 2.09. The highest BCUT2D eigenvalue weighted by Gasteiger charge is 2.11. The number of aromatic nitrogens is 2. The second-order valence-electron chi connectivity index (χ2n) is 4.30. The summed E-state index contributed by atoms with van der Waals surface area (Å²) in [6.45, 7) is 0.0177. The van der Waals surface area contributed by atoms with Crippen LogP contribution in [0.15, 0.2) is 30.5 Å². The number of hydrogen-bond acceptors (Lipinski definition) is 3. The molecule has 0 radical (unpaired) electrons. The van der Waals surface area contributed by atoms with Crippen LogP contribution in [0.4, 0.5) is 5.69 Å². The van der Waals surface area contributed by atoms with E-state index in [0.29, 0.717) is 28.4 Å². The van der Waals surface area contributed by atoms with E-state index in [-0.39, 0.29) is 12.5 Å². The first-order chi connectivity index (χ1) is 10.1. The largest absolute Gasteiger partial charge is 0.395 e. The molecule has 2 N–H and O–H groups in total. The van der Waals surface area contributed by atoms with Gasteiger partial charge in [-0.3, -0.25) is 9.48 Å². The van der Waals surface area contributed by atoms with Crippen molar-refractivity contribution in [3.05, 3.63) is 46.7 Å². The number of carbonyl (C=O) groups is 1. The van der Waals surface area contributed by atoms with Crippen molar-refractivity contribution in [2.24, 2.45) is 7.05 Å². The molecule has 0 bridgehead atoms. The smallest absolute Gasteiger partial charge is 0.276 e. The van der Waals surface area contributed by atoms with Crippen LogP contribution < -0.4 is 5.32 Å². The predicted molar refractivity (Wildman–Crippen MR) is 81.2 cm³/mol. The fraction of sp³-hybridized carbons (Fsp3) is 0.200. The molecular weight excluding hydrogens is 290 g/mol. The molecule has 2 aromatic rings. The third-order valence-corrected chi connectivity index (χ3v) is 2.96. The third-order valence-electron chi connectivity index (χ3n) is 2.63. The van der Waals surface area contributed by atoms with Crippen LogP contribution in [-0.2, 0) is 7.05 Å². The number of aliphatic hydroxyl groups excluding tert-OH is 1. The Balaban J connectivity index is 2.17. The van der Waals surface area contributed by atoms with Gasteiger partial charge in [0, 0.05) is 25.2 Å². The summed E-state index contributed by atoms with van der Waals surface area (Å²) < 4.78 is 1.55. The van der Waals surface area contributed by atoms with Gasteiger partial charge in [-0.2, -0.15) is 5.10 Å². The van der Waals surface area contributed by atoms with Gasteiger partial charge < -0.3 is 10.4 Å². The van der Waals surface area contributed by atoms with Crippen LogP contribution in [0.5, 0.6) is 0 Å². The molecule has 0 saturated carbocycles. The molecule has 0 spiro atoms. The monoisotopic (exact) mass is 303 g/mol. The predicted octanol–water partition coefficient (Wildman–Crippen LogP) is 2.06. The topological polar surface area (TPSA) is 67.2 Å². The van der Waals surface area contributed by atoms with Crippen molar-refractivity contribution in [3.63, 3.8) is 0 Å². The lowest BCUT2D eigenvalue weighted by Gasteiger charge is -2.06. The van der Waals surface area contributed by atoms with Gasteiger partial charge in [-0.1, -0.05) is 23.4 Å². The number of nitrogens with zero attached hydrogens (tertiary/aromatic N) is 2. The lowest BCUT2D eigenvalue weighted by Crippen LogP contribution is -2.13. The Morgan fingerprint density at radius 2 is 2.29 bits per heavy atom. The zero-order valence-electron chi connectivity index (χ0n) is 11.4. The Labute approximate surface area is 127 Å². The van der Waals surface area contributed by atoms with Gasteiger partial charge in [0.15, 0.2) is 5.69 Å². The Bertz CT molecular complexity index is 713. The molecule has 1 aromatic carbocycles. The van der Waals surface area contributed by atoms with Gasteiger partial charge in [0.1, 0.15) is 0 Å². The molecule has 0 unspecified atom stereocenters. The van der Waals surface area contributed by atoms with E-state index in [1.165, 1.54) is 0 Å². The fourth-order valence-corrected chi connectivity index (χ4v) is 1.81. The van der Waals surface area contributed by atoms with Crippen molar-refractivity contribution >= 4 is 23.2 Å². The first-order valence-electron chi connectivity index (χ1n) is 6.30. The average molecular weight is 304 g/mol. The van der Waals surface area contributed by atoms with Crippen LogP contribution in [0, 0.1) is 11.8 Å². The average Bonchev–Trinajstić information content (AvgIpc) is 2.89. The molecule has 0 saturated heterocycles. The van der Waals surface area contributed by atoms with Crippen LogP contribution in [0.3, 0.4) is 0 Å². The van der Waals surface area contributed by atoms with E-state index in [1.54, 1.807) is 42.2 Å². The number of aryl methyl sites for hydroxylation is 1. The highest BCUT2D eigenvalue weighted by Crippen LogP contribution is 2.23. The maximum Gasteiger partial charge on any atom is 0.276 e. The van der Waals surface area contributed by atoms with Gasteiger partial charge in [-0.15, -0.1) is 0 Å². The summed E-state index contributed by atoms with van der Waals surface area (Å²) in [6, 6.07) is 6.73. The molecule has 2 rings (SSSR count). The van der Waals surface area contributed by atoms with Gasteiger partial charge in [0.25, 0.3) is 5.91 Å². The number of nitrogens with one attached hydrogen (secondary N) is 1. The quantitative estimate of drug-likeness (QED) is 0.853. The molecule has 5 nitrogen and oxygen atoms in total. The molecule has 1 heterocycles. The Kier molecular flexibility index (Phi) is 4.99. The Hall–Kier alpha value is -2.29. The van der Waals surface area contributed by atoms with Crippen LogP contribution in [0.2, 0.25) is 5.02 Å². The molecule has 1 amide bonds. The number of aliphatic hydroxyl groups is 1. The normalized spacial score (nSPS) is 9.86. The second kappa shape index (κ2) is 6.93. The first-order valence-corrected chi connectivity index (χ1v) is 6.68. The van der Waals surface area contributed by atoms with Gasteiger partial charge in [0.05, 0.1) is 17.3 Å². The van der Waals surface area contributed by atoms with E-state index in [1.807, 2.05) is 0 Å². The summed E-state index contributed by atoms with van der Waals surface area (Å²) >= 11 is 6.07. The molecule has 108 valence electrons. The van der Waals surface area contributed by atoms with Gasteiger partial charge >= 0.3 is 0 Å². The standard InChI is InChI=1S/C15H14ClN3O2/c1-19-8-7-13(18-19)15(21)17-14-10-11(4-2-3-9-20)5-6-12(14)16/h5-8,10,20H,3,9H2,1H3,(H,17,21). The van der Waals surface area contributed by atoms with Crippen molar-refractivity contribution in [2.45, 2.75) is 6.42 Å². The number of benzene rings is 1. The molecular formula is C15H14ClN3O2. The summed E-state index contributed by atoms with van der Waals surface area (Å²) in [5.41, 5.74) is 1.50. The van der Waals surface area contributed by atoms with Gasteiger partial charge in [-0.25, -0.2) is 0 Å². The summed E-state index contributed by atoms with van der Waals surface area (Å²) in [4.78, 5) is 12.0. The molecule has 0 aliphatic rings. The SMILES string of the molecule is Cn1ccc(C(=O)Nc2cc(C#CCCO)ccc2Cl)n1. The Morgan fingerprint density at radius 3 is 2.95 bits per heavy atom. The van der Waals surface area contributed by atoms with E-state index < -0.39 is 0 Å². The molecule has 6 heteroatoms. The van der Waals surface area contributed by atoms with E-state index in [0.717, 1.165) is 0 Å². The number of rotatable bonds is 3. The van der Waals surface area contributed by atoms with Crippen molar-refractivity contribution in [2.75, 3.05) is 11.9 Å². The van der Waals surface area contributed by atoms with Crippen molar-refractivity contribution in [1.82, 2.24) is 9.78 Å². The van der Waals surface area contributed by atoms with Crippen LogP contribution in [0.1, 0.15) is 22.5 Å². The molecule has 0 aliphatic carbocycles. The molecule has 21 heavy (non-hydrogen) atoms. The van der Waals surface area contributed by atoms with Crippen LogP contribution >= 0.6 is 11.6 Å². The van der Waals surface area contributed by atoms with E-state index >= 15 is 0 Å². The molecule has 0 atom stereocenters. The molecule has 0 aliphatic heterocycles. The van der Waals surface area contributed by atoms with Crippen LogP contribution in [-0.4, -0.2) is 27.4 Å². The van der Waals surface area contributed by atoms with Crippen molar-refractivity contribution < 1.29 is 9.90 Å². The maximum atomic E-state index is 12.0. The van der Waals surface area contributed by atoms with Crippen molar-refractivity contribution in [1.29, 1.82) is 0 Å². The first kappa shape index (κ1) is 15.1. The Morgan fingerprint density at radius 1 is 1.48 bits per heavy atom. The minimum Gasteiger partial charge on any atom is -0.395 e. The highest BCUT2D eigenvalue weighted by molar-refractivity contribution is 6.34. The number of halogens is 1. The zero-order chi connectivity index (χ0) is 15.2. The third kappa shape index (κ3) is 4.09. The molecule has 0 fully saturated rings.